The molecule has 2 aromatic rings. The van der Waals surface area contributed by atoms with Crippen LogP contribution in [0.25, 0.3) is 0 Å². The van der Waals surface area contributed by atoms with Crippen molar-refractivity contribution in [2.45, 2.75) is 26.3 Å². The number of nitrogens with one attached hydrogen (secondary N) is 1. The van der Waals surface area contributed by atoms with Crippen LogP contribution in [0.5, 0.6) is 0 Å². The van der Waals surface area contributed by atoms with Gasteiger partial charge in [0.15, 0.2) is 5.78 Å². The first-order valence-corrected chi connectivity index (χ1v) is 10.1. The number of Topliss-reactive ketones (excluding diaryl/α,β-unsaturated/α-hetero) is 1. The van der Waals surface area contributed by atoms with Gasteiger partial charge in [-0.1, -0.05) is 54.6 Å². The van der Waals surface area contributed by atoms with Gasteiger partial charge in [0.25, 0.3) is 0 Å². The highest BCUT2D eigenvalue weighted by atomic mass is 16.5. The molecule has 1 N–H and O–H groups in total. The van der Waals surface area contributed by atoms with Crippen LogP contribution >= 0.6 is 0 Å². The summed E-state index contributed by atoms with van der Waals surface area (Å²) in [7, 11) is 1.38. The molecule has 154 valence electrons. The number of nitrogens with zero attached hydrogens (tertiary/aromatic N) is 1. The van der Waals surface area contributed by atoms with Crippen molar-refractivity contribution in [3.8, 4) is 0 Å². The van der Waals surface area contributed by atoms with Crippen molar-refractivity contribution in [2.24, 2.45) is 0 Å². The van der Waals surface area contributed by atoms with Crippen LogP contribution < -0.4 is 5.32 Å². The van der Waals surface area contributed by atoms with E-state index >= 15 is 0 Å². The fourth-order valence-electron chi connectivity index (χ4n) is 4.47. The molecule has 2 heterocycles. The number of rotatable bonds is 4. The number of hydrogen-bond donors (Lipinski definition) is 1. The van der Waals surface area contributed by atoms with Gasteiger partial charge in [-0.25, -0.2) is 4.79 Å². The summed E-state index contributed by atoms with van der Waals surface area (Å²) in [6.07, 6.45) is 0. The van der Waals surface area contributed by atoms with E-state index in [0.29, 0.717) is 30.8 Å². The van der Waals surface area contributed by atoms with Crippen molar-refractivity contribution in [3.05, 3.63) is 93.8 Å². The van der Waals surface area contributed by atoms with Crippen molar-refractivity contribution >= 4 is 11.8 Å². The lowest BCUT2D eigenvalue weighted by Gasteiger charge is -2.38. The fourth-order valence-corrected chi connectivity index (χ4v) is 4.47. The van der Waals surface area contributed by atoms with Gasteiger partial charge in [0.2, 0.25) is 0 Å². The van der Waals surface area contributed by atoms with Gasteiger partial charge >= 0.3 is 5.97 Å². The molecule has 0 spiro atoms. The summed E-state index contributed by atoms with van der Waals surface area (Å²) in [5.74, 6) is -0.776. The number of esters is 1. The first kappa shape index (κ1) is 20.1. The summed E-state index contributed by atoms with van der Waals surface area (Å²) < 4.78 is 5.09. The molecule has 0 amide bonds. The zero-order valence-corrected chi connectivity index (χ0v) is 17.6. The summed E-state index contributed by atoms with van der Waals surface area (Å²) in [6, 6.07) is 18.1. The molecule has 2 aromatic carbocycles. The predicted octanol–water partition coefficient (Wildman–Crippen LogP) is 3.47. The van der Waals surface area contributed by atoms with Gasteiger partial charge in [0.05, 0.1) is 19.2 Å². The maximum atomic E-state index is 13.4. The molecule has 5 nitrogen and oxygen atoms in total. The average molecular weight is 402 g/mol. The van der Waals surface area contributed by atoms with E-state index in [1.165, 1.54) is 12.7 Å². The minimum absolute atomic E-state index is 0.0434. The van der Waals surface area contributed by atoms with Crippen molar-refractivity contribution in [2.75, 3.05) is 20.2 Å². The number of hydrogen-bond acceptors (Lipinski definition) is 5. The van der Waals surface area contributed by atoms with Gasteiger partial charge in [0, 0.05) is 36.0 Å². The molecule has 4 rings (SSSR count). The Hall–Kier alpha value is -3.18. The van der Waals surface area contributed by atoms with Gasteiger partial charge in [-0.05, 0) is 30.5 Å². The summed E-state index contributed by atoms with van der Waals surface area (Å²) in [6.45, 7) is 5.54. The van der Waals surface area contributed by atoms with Crippen molar-refractivity contribution < 1.29 is 14.3 Å². The zero-order chi connectivity index (χ0) is 21.3. The third-order valence-corrected chi connectivity index (χ3v) is 5.85. The second-order valence-electron chi connectivity index (χ2n) is 7.89. The molecule has 2 aliphatic rings. The van der Waals surface area contributed by atoms with E-state index in [1.54, 1.807) is 0 Å². The van der Waals surface area contributed by atoms with Crippen molar-refractivity contribution in [3.63, 3.8) is 0 Å². The third kappa shape index (κ3) is 3.68. The molecule has 0 aromatic heterocycles. The second kappa shape index (κ2) is 8.28. The molecule has 0 aliphatic carbocycles. The lowest BCUT2D eigenvalue weighted by Crippen LogP contribution is -2.45. The molecule has 30 heavy (non-hydrogen) atoms. The molecule has 0 radical (unpaired) electrons. The highest BCUT2D eigenvalue weighted by Crippen LogP contribution is 2.41. The van der Waals surface area contributed by atoms with Gasteiger partial charge in [-0.3, -0.25) is 9.69 Å². The fraction of sp³-hybridized carbons (Fsp3) is 0.280. The van der Waals surface area contributed by atoms with E-state index in [2.05, 4.69) is 22.3 Å². The maximum absolute atomic E-state index is 13.4. The highest BCUT2D eigenvalue weighted by molar-refractivity contribution is 6.04. The SMILES string of the molecule is COC(=O)C1=C(C)NC2=C(C(=O)CN(Cc3ccccc3)C2)C1c1ccccc1C. The van der Waals surface area contributed by atoms with E-state index in [0.717, 1.165) is 22.5 Å². The number of methoxy groups -OCH3 is 1. The standard InChI is InChI=1S/C25H26N2O3/c1-16-9-7-8-12-19(16)23-22(25(29)30-3)17(2)26-20-14-27(15-21(28)24(20)23)13-18-10-5-4-6-11-18/h4-12,23,26H,13-15H2,1-3H3. The third-order valence-electron chi connectivity index (χ3n) is 5.85. The zero-order valence-electron chi connectivity index (χ0n) is 17.6. The molecule has 1 unspecified atom stereocenters. The number of dihydropyridines is 1. The molecule has 0 saturated carbocycles. The van der Waals surface area contributed by atoms with Crippen LogP contribution in [0.3, 0.4) is 0 Å². The van der Waals surface area contributed by atoms with E-state index in [-0.39, 0.29) is 5.78 Å². The number of ketones is 1. The molecule has 2 aliphatic heterocycles. The first-order valence-electron chi connectivity index (χ1n) is 10.1. The first-order chi connectivity index (χ1) is 14.5. The molecule has 5 heteroatoms. The summed E-state index contributed by atoms with van der Waals surface area (Å²) in [5, 5.41) is 3.34. The maximum Gasteiger partial charge on any atom is 0.336 e. The Labute approximate surface area is 177 Å². The number of ether oxygens (including phenoxy) is 1. The molecule has 0 bridgehead atoms. The van der Waals surface area contributed by atoms with Crippen LogP contribution in [0.15, 0.2) is 77.1 Å². The number of carbonyl (C=O) groups is 2. The smallest absolute Gasteiger partial charge is 0.336 e. The second-order valence-corrected chi connectivity index (χ2v) is 7.89. The van der Waals surface area contributed by atoms with Crippen LogP contribution in [0.4, 0.5) is 0 Å². The van der Waals surface area contributed by atoms with Gasteiger partial charge < -0.3 is 10.1 Å². The van der Waals surface area contributed by atoms with E-state index < -0.39 is 11.9 Å². The predicted molar refractivity (Wildman–Crippen MR) is 116 cm³/mol. The van der Waals surface area contributed by atoms with Crippen molar-refractivity contribution in [1.29, 1.82) is 0 Å². The Bertz CT molecular complexity index is 1050. The Morgan fingerprint density at radius 3 is 2.47 bits per heavy atom. The van der Waals surface area contributed by atoms with E-state index in [9.17, 15) is 9.59 Å². The Balaban J connectivity index is 1.75. The van der Waals surface area contributed by atoms with Crippen LogP contribution in [0.2, 0.25) is 0 Å². The summed E-state index contributed by atoms with van der Waals surface area (Å²) in [4.78, 5) is 28.2. The molecule has 1 atom stereocenters. The largest absolute Gasteiger partial charge is 0.466 e. The number of carbonyl (C=O) groups excluding carboxylic acids is 2. The van der Waals surface area contributed by atoms with Gasteiger partial charge in [0.1, 0.15) is 0 Å². The minimum Gasteiger partial charge on any atom is -0.466 e. The van der Waals surface area contributed by atoms with Crippen LogP contribution in [-0.4, -0.2) is 36.9 Å². The number of aryl methyl sites for hydroxylation is 1. The van der Waals surface area contributed by atoms with Crippen LogP contribution in [0.1, 0.15) is 29.5 Å². The normalized spacial score (nSPS) is 19.4. The molecule has 0 fully saturated rings. The average Bonchev–Trinajstić information content (AvgIpc) is 2.73. The Kier molecular flexibility index (Phi) is 5.55. The summed E-state index contributed by atoms with van der Waals surface area (Å²) >= 11 is 0. The topological polar surface area (TPSA) is 58.6 Å². The van der Waals surface area contributed by atoms with Crippen LogP contribution in [0, 0.1) is 6.92 Å². The highest BCUT2D eigenvalue weighted by Gasteiger charge is 2.40. The Morgan fingerprint density at radius 2 is 1.77 bits per heavy atom. The van der Waals surface area contributed by atoms with E-state index in [1.807, 2.05) is 56.3 Å². The number of allylic oxidation sites excluding steroid dienone is 1. The molecular weight excluding hydrogens is 376 g/mol. The van der Waals surface area contributed by atoms with Gasteiger partial charge in [-0.2, -0.15) is 0 Å². The van der Waals surface area contributed by atoms with Crippen molar-refractivity contribution in [1.82, 2.24) is 10.2 Å². The number of benzene rings is 2. The van der Waals surface area contributed by atoms with E-state index in [4.69, 9.17) is 4.74 Å². The monoisotopic (exact) mass is 402 g/mol. The minimum atomic E-state index is -0.415. The molecule has 0 saturated heterocycles. The molecular formula is C25H26N2O3. The lowest BCUT2D eigenvalue weighted by atomic mass is 9.76. The Morgan fingerprint density at radius 1 is 1.07 bits per heavy atom. The van der Waals surface area contributed by atoms with Gasteiger partial charge in [-0.15, -0.1) is 0 Å². The lowest BCUT2D eigenvalue weighted by molar-refractivity contribution is -0.136. The quantitative estimate of drug-likeness (QED) is 0.794. The summed E-state index contributed by atoms with van der Waals surface area (Å²) in [5.41, 5.74) is 5.99. The van der Waals surface area contributed by atoms with Crippen LogP contribution in [-0.2, 0) is 20.9 Å².